The van der Waals surface area contributed by atoms with Crippen molar-refractivity contribution in [2.75, 3.05) is 6.61 Å². The van der Waals surface area contributed by atoms with E-state index in [1.165, 1.54) is 0 Å². The van der Waals surface area contributed by atoms with E-state index in [4.69, 9.17) is 4.74 Å². The van der Waals surface area contributed by atoms with Crippen LogP contribution in [0.15, 0.2) is 24.8 Å². The maximum absolute atomic E-state index is 11.4. The van der Waals surface area contributed by atoms with Crippen molar-refractivity contribution in [2.24, 2.45) is 5.92 Å². The Hall–Kier alpha value is -0.890. The first kappa shape index (κ1) is 10.2. The van der Waals surface area contributed by atoms with Crippen molar-refractivity contribution in [2.45, 2.75) is 25.9 Å². The number of hydrogen-bond donors (Lipinski definition) is 0. The van der Waals surface area contributed by atoms with Crippen LogP contribution in [0.1, 0.15) is 20.3 Å². The molecule has 1 aliphatic carbocycles. The number of rotatable bonds is 4. The van der Waals surface area contributed by atoms with Crippen molar-refractivity contribution in [1.82, 2.24) is 0 Å². The zero-order valence-electron chi connectivity index (χ0n) is 8.25. The second kappa shape index (κ2) is 3.88. The Morgan fingerprint density at radius 3 is 3.00 bits per heavy atom. The number of carbonyl (C=O) groups is 1. The molecule has 0 amide bonds. The molecule has 13 heavy (non-hydrogen) atoms. The van der Waals surface area contributed by atoms with Gasteiger partial charge in [-0.05, 0) is 32.4 Å². The van der Waals surface area contributed by atoms with Gasteiger partial charge in [-0.2, -0.15) is 0 Å². The summed E-state index contributed by atoms with van der Waals surface area (Å²) in [6.45, 7) is 8.16. The van der Waals surface area contributed by atoms with Crippen molar-refractivity contribution < 1.29 is 9.53 Å². The van der Waals surface area contributed by atoms with Gasteiger partial charge in [-0.1, -0.05) is 6.08 Å². The molecule has 1 aliphatic rings. The average molecular weight is 180 g/mol. The van der Waals surface area contributed by atoms with Crippen molar-refractivity contribution >= 4 is 5.78 Å². The first-order valence-electron chi connectivity index (χ1n) is 4.62. The lowest BCUT2D eigenvalue weighted by Gasteiger charge is -2.28. The molecule has 2 unspecified atom stereocenters. The molecule has 0 heterocycles. The number of hydrogen-bond acceptors (Lipinski definition) is 2. The van der Waals surface area contributed by atoms with Crippen molar-refractivity contribution in [3.8, 4) is 0 Å². The maximum atomic E-state index is 11.4. The lowest BCUT2D eigenvalue weighted by atomic mass is 9.88. The fourth-order valence-corrected chi connectivity index (χ4v) is 1.74. The minimum Gasteiger partial charge on any atom is -0.371 e. The summed E-state index contributed by atoms with van der Waals surface area (Å²) in [6, 6.07) is 0. The quantitative estimate of drug-likeness (QED) is 0.619. The molecule has 2 heteroatoms. The van der Waals surface area contributed by atoms with Gasteiger partial charge >= 0.3 is 0 Å². The maximum Gasteiger partial charge on any atom is 0.162 e. The molecule has 1 rings (SSSR count). The lowest BCUT2D eigenvalue weighted by Crippen LogP contribution is -2.35. The van der Waals surface area contributed by atoms with Crippen LogP contribution < -0.4 is 0 Å². The Kier molecular flexibility index (Phi) is 3.04. The zero-order chi connectivity index (χ0) is 9.90. The molecular weight excluding hydrogens is 164 g/mol. The smallest absolute Gasteiger partial charge is 0.162 e. The van der Waals surface area contributed by atoms with Gasteiger partial charge in [-0.15, -0.1) is 6.58 Å². The highest BCUT2D eigenvalue weighted by Gasteiger charge is 2.40. The summed E-state index contributed by atoms with van der Waals surface area (Å²) in [7, 11) is 0. The summed E-state index contributed by atoms with van der Waals surface area (Å²) in [4.78, 5) is 11.4. The molecule has 0 aliphatic heterocycles. The second-order valence-electron chi connectivity index (χ2n) is 3.43. The van der Waals surface area contributed by atoms with Crippen LogP contribution in [0.3, 0.4) is 0 Å². The Labute approximate surface area is 79.3 Å². The van der Waals surface area contributed by atoms with E-state index >= 15 is 0 Å². The van der Waals surface area contributed by atoms with E-state index in [-0.39, 0.29) is 11.7 Å². The molecule has 0 saturated carbocycles. The number of allylic oxidation sites excluding steroid dienone is 2. The molecule has 0 spiro atoms. The molecule has 2 nitrogen and oxygen atoms in total. The van der Waals surface area contributed by atoms with Gasteiger partial charge in [0.15, 0.2) is 5.78 Å². The molecule has 0 fully saturated rings. The molecule has 72 valence electrons. The van der Waals surface area contributed by atoms with Crippen molar-refractivity contribution in [1.29, 1.82) is 0 Å². The summed E-state index contributed by atoms with van der Waals surface area (Å²) < 4.78 is 5.57. The Balaban J connectivity index is 2.78. The van der Waals surface area contributed by atoms with E-state index < -0.39 is 5.60 Å². The number of carbonyl (C=O) groups excluding carboxylic acids is 1. The number of ether oxygens (including phenoxy) is 1. The fourth-order valence-electron chi connectivity index (χ4n) is 1.74. The monoisotopic (exact) mass is 180 g/mol. The van der Waals surface area contributed by atoms with E-state index in [0.717, 1.165) is 0 Å². The molecule has 2 atom stereocenters. The minimum atomic E-state index is -0.417. The predicted molar refractivity (Wildman–Crippen MR) is 52.5 cm³/mol. The van der Waals surface area contributed by atoms with Gasteiger partial charge in [0, 0.05) is 6.61 Å². The highest BCUT2D eigenvalue weighted by atomic mass is 16.5. The van der Waals surface area contributed by atoms with Crippen LogP contribution in [0.25, 0.3) is 0 Å². The third-order valence-corrected chi connectivity index (χ3v) is 2.47. The fraction of sp³-hybridized carbons (Fsp3) is 0.545. The van der Waals surface area contributed by atoms with E-state index in [0.29, 0.717) is 13.0 Å². The first-order valence-corrected chi connectivity index (χ1v) is 4.62. The van der Waals surface area contributed by atoms with Crippen molar-refractivity contribution in [3.05, 3.63) is 24.8 Å². The van der Waals surface area contributed by atoms with Crippen molar-refractivity contribution in [3.63, 3.8) is 0 Å². The van der Waals surface area contributed by atoms with E-state index in [1.807, 2.05) is 19.9 Å². The average Bonchev–Trinajstić information content (AvgIpc) is 2.34. The molecule has 0 aromatic heterocycles. The normalized spacial score (nSPS) is 32.5. The van der Waals surface area contributed by atoms with E-state index in [9.17, 15) is 4.79 Å². The molecule has 0 aromatic carbocycles. The van der Waals surface area contributed by atoms with Gasteiger partial charge in [0.2, 0.25) is 0 Å². The molecule has 0 saturated heterocycles. The molecule has 0 N–H and O–H groups in total. The molecular formula is C11H16O2. The largest absolute Gasteiger partial charge is 0.371 e. The van der Waals surface area contributed by atoms with Gasteiger partial charge in [-0.25, -0.2) is 0 Å². The first-order chi connectivity index (χ1) is 6.14. The van der Waals surface area contributed by atoms with Crippen LogP contribution in [0, 0.1) is 5.92 Å². The summed E-state index contributed by atoms with van der Waals surface area (Å²) in [5.74, 6) is 0.0702. The summed E-state index contributed by atoms with van der Waals surface area (Å²) in [6.07, 6.45) is 5.92. The van der Waals surface area contributed by atoms with Crippen LogP contribution in [0.5, 0.6) is 0 Å². The standard InChI is InChI=1S/C11H16O2/c1-4-6-9-10(12)7-8-11(9,3)13-5-2/h4,7-9H,1,5-6H2,2-3H3. The minimum absolute atomic E-state index is 0.0788. The second-order valence-corrected chi connectivity index (χ2v) is 3.43. The van der Waals surface area contributed by atoms with Gasteiger partial charge < -0.3 is 4.74 Å². The van der Waals surface area contributed by atoms with Gasteiger partial charge in [0.05, 0.1) is 11.5 Å². The third-order valence-electron chi connectivity index (χ3n) is 2.47. The topological polar surface area (TPSA) is 26.3 Å². The predicted octanol–water partition coefficient (Wildman–Crippen LogP) is 2.11. The van der Waals surface area contributed by atoms with Gasteiger partial charge in [0.25, 0.3) is 0 Å². The summed E-state index contributed by atoms with van der Waals surface area (Å²) in [5, 5.41) is 0. The number of ketones is 1. The van der Waals surface area contributed by atoms with Crippen LogP contribution >= 0.6 is 0 Å². The van der Waals surface area contributed by atoms with Crippen LogP contribution in [0.4, 0.5) is 0 Å². The van der Waals surface area contributed by atoms with Gasteiger partial charge in [-0.3, -0.25) is 4.79 Å². The zero-order valence-corrected chi connectivity index (χ0v) is 8.25. The Morgan fingerprint density at radius 1 is 1.77 bits per heavy atom. The van der Waals surface area contributed by atoms with Crippen LogP contribution in [0.2, 0.25) is 0 Å². The van der Waals surface area contributed by atoms with Crippen LogP contribution in [-0.4, -0.2) is 18.0 Å². The highest BCUT2D eigenvalue weighted by molar-refractivity contribution is 5.96. The Bertz CT molecular complexity index is 242. The third kappa shape index (κ3) is 1.89. The highest BCUT2D eigenvalue weighted by Crippen LogP contribution is 2.32. The molecule has 0 bridgehead atoms. The van der Waals surface area contributed by atoms with E-state index in [1.54, 1.807) is 12.2 Å². The Morgan fingerprint density at radius 2 is 2.46 bits per heavy atom. The van der Waals surface area contributed by atoms with Crippen LogP contribution in [-0.2, 0) is 9.53 Å². The SMILES string of the molecule is C=CCC1C(=O)C=CC1(C)OCC. The van der Waals surface area contributed by atoms with E-state index in [2.05, 4.69) is 6.58 Å². The van der Waals surface area contributed by atoms with Gasteiger partial charge in [0.1, 0.15) is 0 Å². The summed E-state index contributed by atoms with van der Waals surface area (Å²) >= 11 is 0. The molecule has 0 radical (unpaired) electrons. The molecule has 0 aromatic rings. The lowest BCUT2D eigenvalue weighted by molar-refractivity contribution is -0.124. The summed E-state index contributed by atoms with van der Waals surface area (Å²) in [5.41, 5.74) is -0.417.